The zero-order chi connectivity index (χ0) is 17.3. The molecule has 124 valence electrons. The van der Waals surface area contributed by atoms with E-state index < -0.39 is 33.5 Å². The Morgan fingerprint density at radius 2 is 2.13 bits per heavy atom. The molecule has 1 heterocycles. The van der Waals surface area contributed by atoms with Crippen molar-refractivity contribution < 1.29 is 23.4 Å². The summed E-state index contributed by atoms with van der Waals surface area (Å²) in [7, 11) is 0. The minimum absolute atomic E-state index is 0.0505. The molecule has 0 amide bonds. The van der Waals surface area contributed by atoms with Crippen molar-refractivity contribution >= 4 is 32.8 Å². The fourth-order valence-corrected chi connectivity index (χ4v) is 2.51. The summed E-state index contributed by atoms with van der Waals surface area (Å²) in [5.74, 6) is -2.83. The van der Waals surface area contributed by atoms with Gasteiger partial charge in [0.25, 0.3) is 0 Å². The molecule has 2 rings (SSSR count). The molecule has 0 aliphatic heterocycles. The number of esters is 1. The number of aliphatic hydroxyl groups is 1. The Morgan fingerprint density at radius 1 is 1.48 bits per heavy atom. The minimum Gasteiger partial charge on any atom is -0.462 e. The fraction of sp³-hybridized carbons (Fsp3) is 0.333. The smallest absolute Gasteiger partial charge is 0.343 e. The van der Waals surface area contributed by atoms with Crippen LogP contribution in [0.1, 0.15) is 30.2 Å². The van der Waals surface area contributed by atoms with Crippen LogP contribution in [0.2, 0.25) is 0 Å². The van der Waals surface area contributed by atoms with Gasteiger partial charge in [0, 0.05) is 6.20 Å². The number of fused-ring (bicyclic) bond motifs is 1. The molecule has 23 heavy (non-hydrogen) atoms. The Balaban J connectivity index is 2.95. The Bertz CT molecular complexity index is 835. The average Bonchev–Trinajstić information content (AvgIpc) is 2.53. The number of aromatic nitrogens is 1. The number of hydrogen-bond donors (Lipinski definition) is 1. The van der Waals surface area contributed by atoms with Crippen molar-refractivity contribution in [3.63, 3.8) is 0 Å². The number of halogens is 3. The van der Waals surface area contributed by atoms with Gasteiger partial charge in [0.15, 0.2) is 5.82 Å². The van der Waals surface area contributed by atoms with Crippen molar-refractivity contribution in [1.82, 2.24) is 4.57 Å². The van der Waals surface area contributed by atoms with Gasteiger partial charge >= 0.3 is 5.97 Å². The van der Waals surface area contributed by atoms with E-state index in [9.17, 15) is 23.5 Å². The normalized spacial score (nSPS) is 12.4. The zero-order valence-corrected chi connectivity index (χ0v) is 14.0. The van der Waals surface area contributed by atoms with E-state index in [2.05, 4.69) is 15.9 Å². The molecule has 0 saturated heterocycles. The van der Waals surface area contributed by atoms with Crippen LogP contribution in [0, 0.1) is 11.6 Å². The molecule has 0 spiro atoms. The number of aliphatic hydroxyl groups excluding tert-OH is 1. The van der Waals surface area contributed by atoms with Gasteiger partial charge in [0.1, 0.15) is 11.4 Å². The molecule has 8 heteroatoms. The van der Waals surface area contributed by atoms with Crippen molar-refractivity contribution in [3.8, 4) is 0 Å². The Kier molecular flexibility index (Phi) is 5.16. The predicted octanol–water partition coefficient (Wildman–Crippen LogP) is 2.77. The molecule has 0 fully saturated rings. The molecule has 0 unspecified atom stereocenters. The van der Waals surface area contributed by atoms with Crippen molar-refractivity contribution in [3.05, 3.63) is 44.2 Å². The Morgan fingerprint density at radius 3 is 2.70 bits per heavy atom. The average molecular weight is 390 g/mol. The first-order valence-electron chi connectivity index (χ1n) is 6.83. The maximum absolute atomic E-state index is 14.4. The zero-order valence-electron chi connectivity index (χ0n) is 12.4. The van der Waals surface area contributed by atoms with E-state index in [1.807, 2.05) is 0 Å². The highest BCUT2D eigenvalue weighted by Crippen LogP contribution is 2.28. The van der Waals surface area contributed by atoms with Crippen LogP contribution in [0.25, 0.3) is 10.9 Å². The van der Waals surface area contributed by atoms with E-state index in [0.29, 0.717) is 0 Å². The number of carbonyl (C=O) groups excluding carboxylic acids is 1. The lowest BCUT2D eigenvalue weighted by Gasteiger charge is -2.19. The summed E-state index contributed by atoms with van der Waals surface area (Å²) in [6.45, 7) is 2.82. The molecule has 1 aromatic heterocycles. The molecule has 1 atom stereocenters. The molecule has 2 aromatic rings. The molecule has 0 bridgehead atoms. The van der Waals surface area contributed by atoms with E-state index >= 15 is 0 Å². The molecular formula is C15H14BrF2NO4. The molecule has 0 aliphatic carbocycles. The first-order chi connectivity index (χ1) is 10.8. The van der Waals surface area contributed by atoms with Crippen LogP contribution in [-0.4, -0.2) is 28.9 Å². The highest BCUT2D eigenvalue weighted by Gasteiger charge is 2.23. The van der Waals surface area contributed by atoms with E-state index in [1.54, 1.807) is 13.8 Å². The molecule has 0 radical (unpaired) electrons. The van der Waals surface area contributed by atoms with Gasteiger partial charge in [-0.3, -0.25) is 4.79 Å². The number of ether oxygens (including phenoxy) is 1. The number of pyridine rings is 1. The van der Waals surface area contributed by atoms with Crippen LogP contribution in [0.3, 0.4) is 0 Å². The molecule has 5 nitrogen and oxygen atoms in total. The third kappa shape index (κ3) is 3.00. The maximum atomic E-state index is 14.4. The second-order valence-corrected chi connectivity index (χ2v) is 5.71. The van der Waals surface area contributed by atoms with Gasteiger partial charge < -0.3 is 14.4 Å². The van der Waals surface area contributed by atoms with Crippen LogP contribution in [-0.2, 0) is 4.74 Å². The molecule has 0 saturated carbocycles. The second-order valence-electron chi connectivity index (χ2n) is 4.91. The summed E-state index contributed by atoms with van der Waals surface area (Å²) >= 11 is 2.78. The number of hydrogen-bond acceptors (Lipinski definition) is 4. The molecule has 1 N–H and O–H groups in total. The highest BCUT2D eigenvalue weighted by molar-refractivity contribution is 9.10. The summed E-state index contributed by atoms with van der Waals surface area (Å²) < 4.78 is 33.8. The third-order valence-corrected chi connectivity index (χ3v) is 4.11. The van der Waals surface area contributed by atoms with Gasteiger partial charge in [-0.25, -0.2) is 13.6 Å². The summed E-state index contributed by atoms with van der Waals surface area (Å²) in [6, 6.07) is 0.215. The van der Waals surface area contributed by atoms with Crippen LogP contribution in [0.15, 0.2) is 21.5 Å². The van der Waals surface area contributed by atoms with E-state index in [4.69, 9.17) is 4.74 Å². The molecule has 0 aliphatic rings. The number of nitrogens with zero attached hydrogens (tertiary/aromatic N) is 1. The highest BCUT2D eigenvalue weighted by atomic mass is 79.9. The lowest BCUT2D eigenvalue weighted by molar-refractivity contribution is 0.0523. The van der Waals surface area contributed by atoms with Crippen LogP contribution in [0.5, 0.6) is 0 Å². The third-order valence-electron chi connectivity index (χ3n) is 3.39. The lowest BCUT2D eigenvalue weighted by atomic mass is 10.1. The monoisotopic (exact) mass is 389 g/mol. The van der Waals surface area contributed by atoms with Gasteiger partial charge in [-0.1, -0.05) is 0 Å². The first-order valence-corrected chi connectivity index (χ1v) is 7.63. The fourth-order valence-electron chi connectivity index (χ4n) is 2.21. The lowest BCUT2D eigenvalue weighted by Crippen LogP contribution is -2.24. The van der Waals surface area contributed by atoms with E-state index in [1.165, 1.54) is 4.57 Å². The Hall–Kier alpha value is -1.80. The van der Waals surface area contributed by atoms with Gasteiger partial charge in [0.2, 0.25) is 5.43 Å². The molecular weight excluding hydrogens is 376 g/mol. The van der Waals surface area contributed by atoms with Gasteiger partial charge in [-0.05, 0) is 35.8 Å². The largest absolute Gasteiger partial charge is 0.462 e. The van der Waals surface area contributed by atoms with Crippen LogP contribution < -0.4 is 5.43 Å². The number of benzene rings is 1. The van der Waals surface area contributed by atoms with Crippen molar-refractivity contribution in [2.24, 2.45) is 0 Å². The van der Waals surface area contributed by atoms with E-state index in [0.717, 1.165) is 12.3 Å². The standard InChI is InChI=1S/C15H14BrF2NO4/c1-3-23-15(22)9-5-19(7(2)6-20)13-8(14(9)21)4-10(17)11(16)12(13)18/h4-5,7,20H,3,6H2,1-2H3/t7-/m0/s1. The summed E-state index contributed by atoms with van der Waals surface area (Å²) in [4.78, 5) is 24.3. The number of carbonyl (C=O) groups is 1. The van der Waals surface area contributed by atoms with Gasteiger partial charge in [0.05, 0.1) is 34.6 Å². The molecule has 1 aromatic carbocycles. The second kappa shape index (κ2) is 6.76. The summed E-state index contributed by atoms with van der Waals surface area (Å²) in [5, 5.41) is 9.04. The summed E-state index contributed by atoms with van der Waals surface area (Å²) in [6.07, 6.45) is 1.12. The Labute approximate surface area is 138 Å². The first kappa shape index (κ1) is 17.6. The topological polar surface area (TPSA) is 68.5 Å². The van der Waals surface area contributed by atoms with Crippen molar-refractivity contribution in [2.75, 3.05) is 13.2 Å². The quantitative estimate of drug-likeness (QED) is 0.644. The SMILES string of the molecule is CCOC(=O)c1cn([C@@H](C)CO)c2c(F)c(Br)c(F)cc2c1=O. The van der Waals surface area contributed by atoms with Crippen LogP contribution >= 0.6 is 15.9 Å². The van der Waals surface area contributed by atoms with Crippen LogP contribution in [0.4, 0.5) is 8.78 Å². The maximum Gasteiger partial charge on any atom is 0.343 e. The minimum atomic E-state index is -0.979. The van der Waals surface area contributed by atoms with Gasteiger partial charge in [-0.2, -0.15) is 0 Å². The predicted molar refractivity (Wildman–Crippen MR) is 83.6 cm³/mol. The van der Waals surface area contributed by atoms with E-state index in [-0.39, 0.29) is 29.7 Å². The van der Waals surface area contributed by atoms with Crippen molar-refractivity contribution in [1.29, 1.82) is 0 Å². The summed E-state index contributed by atoms with van der Waals surface area (Å²) in [5.41, 5.74) is -1.37. The van der Waals surface area contributed by atoms with Crippen molar-refractivity contribution in [2.45, 2.75) is 19.9 Å². The number of rotatable bonds is 4. The van der Waals surface area contributed by atoms with Gasteiger partial charge in [-0.15, -0.1) is 0 Å².